The molecule has 186 valence electrons. The first-order valence-electron chi connectivity index (χ1n) is 10.9. The number of ether oxygens (including phenoxy) is 2. The third-order valence-corrected chi connectivity index (χ3v) is 6.03. The van der Waals surface area contributed by atoms with Gasteiger partial charge < -0.3 is 9.47 Å². The van der Waals surface area contributed by atoms with Gasteiger partial charge in [-0.3, -0.25) is 0 Å². The number of methoxy groups -OCH3 is 2. The first kappa shape index (κ1) is 35.5. The van der Waals surface area contributed by atoms with Crippen LogP contribution in [-0.4, -0.2) is 26.2 Å². The predicted octanol–water partition coefficient (Wildman–Crippen LogP) is 5.47. The Kier molecular flexibility index (Phi) is 19.6. The molecule has 0 saturated carbocycles. The number of carbonyl (C=O) groups excluding carboxylic acids is 2. The Bertz CT molecular complexity index is 1110. The predicted molar refractivity (Wildman–Crippen MR) is 143 cm³/mol. The van der Waals surface area contributed by atoms with E-state index in [0.29, 0.717) is 11.1 Å². The van der Waals surface area contributed by atoms with E-state index in [1.54, 1.807) is 36.4 Å². The average Bonchev–Trinajstić information content (AvgIpc) is 2.90. The number of hydrogen-bond donors (Lipinski definition) is 0. The molecule has 0 atom stereocenters. The van der Waals surface area contributed by atoms with E-state index in [1.165, 1.54) is 24.8 Å². The van der Waals surface area contributed by atoms with Crippen LogP contribution in [-0.2, 0) is 74.9 Å². The second kappa shape index (κ2) is 20.4. The maximum absolute atomic E-state index is 11.0. The summed E-state index contributed by atoms with van der Waals surface area (Å²) in [7, 11) is 3.52. The Hall–Kier alpha value is -1.54. The minimum absolute atomic E-state index is 0. The molecule has 37 heavy (non-hydrogen) atoms. The smallest absolute Gasteiger partial charge is 0.313 e. The first-order valence-corrected chi connectivity index (χ1v) is 11.9. The van der Waals surface area contributed by atoms with Crippen molar-refractivity contribution in [2.24, 2.45) is 0 Å². The minimum atomic E-state index is -0.295. The summed E-state index contributed by atoms with van der Waals surface area (Å²) in [6.45, 7) is 3.70. The van der Waals surface area contributed by atoms with Gasteiger partial charge >= 0.3 is 11.9 Å². The zero-order valence-corrected chi connectivity index (χ0v) is 28.2. The summed E-state index contributed by atoms with van der Waals surface area (Å²) in [6.07, 6.45) is 0. The molecule has 0 heterocycles. The molecule has 4 rings (SSSR count). The number of carbonyl (C=O) groups is 2. The van der Waals surface area contributed by atoms with Crippen molar-refractivity contribution in [2.75, 3.05) is 14.2 Å². The molecule has 0 aliphatic heterocycles. The molecule has 2 radical (unpaired) electrons. The fraction of sp³-hybridized carbons (Fsp3) is 0.133. The molecular weight excluding hydrogens is 633 g/mol. The second-order valence-electron chi connectivity index (χ2n) is 7.32. The summed E-state index contributed by atoms with van der Waals surface area (Å²) in [4.78, 5) is 22.0. The third-order valence-electron chi connectivity index (χ3n) is 4.79. The fourth-order valence-corrected chi connectivity index (χ4v) is 3.97. The van der Waals surface area contributed by atoms with Crippen molar-refractivity contribution < 1.29 is 84.5 Å². The molecule has 0 amide bonds. The largest absolute Gasteiger partial charge is 0.467 e. The van der Waals surface area contributed by atoms with Crippen LogP contribution in [0.2, 0.25) is 0 Å². The van der Waals surface area contributed by atoms with Crippen LogP contribution in [0.3, 0.4) is 0 Å². The van der Waals surface area contributed by atoms with Gasteiger partial charge in [0.05, 0.1) is 14.2 Å². The van der Waals surface area contributed by atoms with Crippen molar-refractivity contribution >= 4 is 31.1 Å². The number of esters is 2. The van der Waals surface area contributed by atoms with Crippen molar-refractivity contribution in [3.8, 4) is 0 Å². The van der Waals surface area contributed by atoms with Crippen molar-refractivity contribution in [3.63, 3.8) is 0 Å². The van der Waals surface area contributed by atoms with Gasteiger partial charge in [0.2, 0.25) is 0 Å². The van der Waals surface area contributed by atoms with E-state index >= 15 is 0 Å². The molecule has 0 saturated heterocycles. The molecule has 0 bridgehead atoms. The Morgan fingerprint density at radius 2 is 0.973 bits per heavy atom. The molecule has 0 fully saturated rings. The van der Waals surface area contributed by atoms with E-state index in [2.05, 4.69) is 82.3 Å². The maximum Gasteiger partial charge on any atom is 0.313 e. The van der Waals surface area contributed by atoms with Crippen LogP contribution < -0.4 is 10.6 Å². The second-order valence-corrected chi connectivity index (χ2v) is 8.73. The third kappa shape index (κ3) is 13.2. The molecule has 7 heteroatoms. The molecule has 0 spiro atoms. The molecule has 4 aromatic rings. The van der Waals surface area contributed by atoms with Crippen LogP contribution in [0.25, 0.3) is 0 Å². The zero-order chi connectivity index (χ0) is 25.5. The van der Waals surface area contributed by atoms with E-state index in [0.717, 1.165) is 19.7 Å². The molecule has 0 aliphatic carbocycles. The van der Waals surface area contributed by atoms with Crippen LogP contribution in [0.4, 0.5) is 0 Å². The van der Waals surface area contributed by atoms with Crippen LogP contribution in [0.15, 0.2) is 97.1 Å². The summed E-state index contributed by atoms with van der Waals surface area (Å²) in [5, 5.41) is 2.79. The molecule has 0 unspecified atom stereocenters. The van der Waals surface area contributed by atoms with Gasteiger partial charge in [0.15, 0.2) is 0 Å². The Labute approximate surface area is 272 Å². The Balaban J connectivity index is 0.000000515. The van der Waals surface area contributed by atoms with E-state index < -0.39 is 0 Å². The summed E-state index contributed by atoms with van der Waals surface area (Å²) in [5.74, 6) is -0.590. The number of rotatable bonds is 4. The first-order chi connectivity index (χ1) is 17.0. The van der Waals surface area contributed by atoms with Crippen LogP contribution in [0.1, 0.15) is 31.8 Å². The SMILES string of the molecule is COC(=O)c1cc[c-]cc1C.COC(=O)c1cc[c-]cc1C.[Y].[Y].c1ccc(Pc2ccccc2)cc1. The van der Waals surface area contributed by atoms with E-state index in [9.17, 15) is 9.59 Å². The minimum Gasteiger partial charge on any atom is -0.467 e. The fourth-order valence-electron chi connectivity index (χ4n) is 2.92. The average molecular weight is 662 g/mol. The standard InChI is InChI=1S/C12H11P.2C9H9O2.2Y/c1-3-7-11(8-4-1)13-12-9-5-2-6-10-12;2*1-7-5-3-4-6-8(7)9(10)11-2;;/h1-10,13H;2*4-6H,1-2H3;;/q;2*-1;;. The number of aryl methyl sites for hydroxylation is 2. The topological polar surface area (TPSA) is 52.6 Å². The van der Waals surface area contributed by atoms with Gasteiger partial charge in [-0.15, -0.1) is 11.1 Å². The van der Waals surface area contributed by atoms with Crippen LogP contribution >= 0.6 is 8.58 Å². The summed E-state index contributed by atoms with van der Waals surface area (Å²) in [6, 6.07) is 37.2. The van der Waals surface area contributed by atoms with Gasteiger partial charge in [-0.25, -0.2) is 9.59 Å². The molecule has 0 aromatic heterocycles. The molecule has 4 nitrogen and oxygen atoms in total. The molecule has 4 aromatic carbocycles. The van der Waals surface area contributed by atoms with Crippen molar-refractivity contribution in [2.45, 2.75) is 13.8 Å². The van der Waals surface area contributed by atoms with Crippen molar-refractivity contribution in [1.29, 1.82) is 0 Å². The van der Waals surface area contributed by atoms with Crippen molar-refractivity contribution in [1.82, 2.24) is 0 Å². The van der Waals surface area contributed by atoms with Crippen molar-refractivity contribution in [3.05, 3.63) is 131 Å². The molecule has 0 N–H and O–H groups in total. The van der Waals surface area contributed by atoms with Gasteiger partial charge in [0.1, 0.15) is 0 Å². The maximum atomic E-state index is 11.0. The summed E-state index contributed by atoms with van der Waals surface area (Å²) < 4.78 is 9.13. The monoisotopic (exact) mass is 662 g/mol. The quantitative estimate of drug-likeness (QED) is 0.165. The Morgan fingerprint density at radius 1 is 0.622 bits per heavy atom. The number of benzene rings is 4. The molecular formula is C30H29O4PY2-2. The van der Waals surface area contributed by atoms with Gasteiger partial charge in [-0.1, -0.05) is 83.1 Å². The van der Waals surface area contributed by atoms with E-state index in [1.807, 2.05) is 13.8 Å². The normalized spacial score (nSPS) is 8.97. The van der Waals surface area contributed by atoms with E-state index in [4.69, 9.17) is 0 Å². The summed E-state index contributed by atoms with van der Waals surface area (Å²) >= 11 is 0. The Morgan fingerprint density at radius 3 is 1.27 bits per heavy atom. The van der Waals surface area contributed by atoms with Gasteiger partial charge in [-0.05, 0) is 21.7 Å². The van der Waals surface area contributed by atoms with Gasteiger partial charge in [0, 0.05) is 65.4 Å². The number of hydrogen-bond acceptors (Lipinski definition) is 4. The van der Waals surface area contributed by atoms with Crippen LogP contribution in [0.5, 0.6) is 0 Å². The van der Waals surface area contributed by atoms with Gasteiger partial charge in [0.25, 0.3) is 0 Å². The van der Waals surface area contributed by atoms with Crippen LogP contribution in [0, 0.1) is 26.0 Å². The summed E-state index contributed by atoms with van der Waals surface area (Å²) in [5.41, 5.74) is 2.98. The molecule has 0 aliphatic rings. The van der Waals surface area contributed by atoms with Gasteiger partial charge in [-0.2, -0.15) is 48.5 Å². The van der Waals surface area contributed by atoms with E-state index in [-0.39, 0.29) is 77.4 Å². The zero-order valence-electron chi connectivity index (χ0n) is 21.5.